The molecular weight excluding hydrogens is 192 g/mol. The molecule has 0 aliphatic rings. The van der Waals surface area contributed by atoms with Gasteiger partial charge in [-0.3, -0.25) is 0 Å². The quantitative estimate of drug-likeness (QED) is 0.513. The van der Waals surface area contributed by atoms with Gasteiger partial charge in [-0.15, -0.1) is 0 Å². The van der Waals surface area contributed by atoms with E-state index in [4.69, 9.17) is 0 Å². The predicted molar refractivity (Wildman–Crippen MR) is 77.7 cm³/mol. The standard InChI is InChI=1S/2C8H14/c2*1-7(2)5-6-8(3)4/h2*5-6H,1-4H3. The first-order valence-electron chi connectivity index (χ1n) is 5.82. The summed E-state index contributed by atoms with van der Waals surface area (Å²) in [5.74, 6) is 0. The van der Waals surface area contributed by atoms with Gasteiger partial charge >= 0.3 is 0 Å². The molecule has 16 heavy (non-hydrogen) atoms. The molecule has 0 bridgehead atoms. The maximum Gasteiger partial charge on any atom is -0.0439 e. The second kappa shape index (κ2) is 10.5. The lowest BCUT2D eigenvalue weighted by Crippen LogP contribution is -1.62. The number of allylic oxidation sites excluding steroid dienone is 8. The maximum absolute atomic E-state index is 2.12. The zero-order valence-electron chi connectivity index (χ0n) is 12.3. The second-order valence-corrected chi connectivity index (χ2v) is 4.98. The lowest BCUT2D eigenvalue weighted by molar-refractivity contribution is 1.35. The van der Waals surface area contributed by atoms with Gasteiger partial charge in [0, 0.05) is 0 Å². The van der Waals surface area contributed by atoms with E-state index < -0.39 is 0 Å². The average Bonchev–Trinajstić information content (AvgIpc) is 2.12. The van der Waals surface area contributed by atoms with Crippen molar-refractivity contribution >= 4 is 0 Å². The van der Waals surface area contributed by atoms with Crippen LogP contribution in [0.5, 0.6) is 0 Å². The molecule has 0 aliphatic heterocycles. The number of hydrogen-bond acceptors (Lipinski definition) is 0. The van der Waals surface area contributed by atoms with Gasteiger partial charge in [0.2, 0.25) is 0 Å². The van der Waals surface area contributed by atoms with E-state index in [2.05, 4.69) is 79.7 Å². The van der Waals surface area contributed by atoms with Crippen LogP contribution in [0.2, 0.25) is 0 Å². The molecule has 0 aromatic rings. The fourth-order valence-electron chi connectivity index (χ4n) is 0.667. The Bertz CT molecular complexity index is 216. The van der Waals surface area contributed by atoms with Crippen molar-refractivity contribution in [3.8, 4) is 0 Å². The van der Waals surface area contributed by atoms with E-state index in [1.165, 1.54) is 22.3 Å². The third-order valence-corrected chi connectivity index (χ3v) is 1.50. The van der Waals surface area contributed by atoms with Gasteiger partial charge in [-0.25, -0.2) is 0 Å². The van der Waals surface area contributed by atoms with Crippen LogP contribution in [-0.4, -0.2) is 0 Å². The topological polar surface area (TPSA) is 0 Å². The third kappa shape index (κ3) is 23.1. The van der Waals surface area contributed by atoms with Crippen LogP contribution in [0, 0.1) is 0 Å². The molecule has 0 aromatic carbocycles. The Hall–Kier alpha value is -1.04. The highest BCUT2D eigenvalue weighted by atomic mass is 13.8. The fraction of sp³-hybridized carbons (Fsp3) is 0.500. The molecule has 0 fully saturated rings. The van der Waals surface area contributed by atoms with Crippen LogP contribution in [0.25, 0.3) is 0 Å². The van der Waals surface area contributed by atoms with E-state index in [0.29, 0.717) is 0 Å². The monoisotopic (exact) mass is 220 g/mol. The van der Waals surface area contributed by atoms with Crippen LogP contribution < -0.4 is 0 Å². The summed E-state index contributed by atoms with van der Waals surface area (Å²) in [5.41, 5.74) is 5.41. The molecule has 92 valence electrons. The molecule has 0 spiro atoms. The summed E-state index contributed by atoms with van der Waals surface area (Å²) in [6, 6.07) is 0. The van der Waals surface area contributed by atoms with E-state index in [1.54, 1.807) is 0 Å². The van der Waals surface area contributed by atoms with Crippen LogP contribution in [0.4, 0.5) is 0 Å². The number of hydrogen-bond donors (Lipinski definition) is 0. The second-order valence-electron chi connectivity index (χ2n) is 4.98. The lowest BCUT2D eigenvalue weighted by Gasteiger charge is -1.84. The van der Waals surface area contributed by atoms with Gasteiger partial charge in [0.25, 0.3) is 0 Å². The fourth-order valence-corrected chi connectivity index (χ4v) is 0.667. The van der Waals surface area contributed by atoms with Crippen molar-refractivity contribution in [2.75, 3.05) is 0 Å². The first-order chi connectivity index (χ1) is 7.25. The van der Waals surface area contributed by atoms with Crippen molar-refractivity contribution in [1.82, 2.24) is 0 Å². The smallest absolute Gasteiger partial charge is 0.0439 e. The Morgan fingerprint density at radius 2 is 0.500 bits per heavy atom. The summed E-state index contributed by atoms with van der Waals surface area (Å²) >= 11 is 0. The third-order valence-electron chi connectivity index (χ3n) is 1.50. The SMILES string of the molecule is CC(C)=CC=C(C)C.CC(C)=CC=C(C)C. The van der Waals surface area contributed by atoms with E-state index in [1.807, 2.05) is 0 Å². The highest BCUT2D eigenvalue weighted by Crippen LogP contribution is 1.94. The molecular formula is C16H28. The summed E-state index contributed by atoms with van der Waals surface area (Å²) in [5, 5.41) is 0. The molecule has 0 nitrogen and oxygen atoms in total. The minimum Gasteiger partial charge on any atom is -0.0764 e. The summed E-state index contributed by atoms with van der Waals surface area (Å²) in [6.45, 7) is 16.8. The first-order valence-corrected chi connectivity index (χ1v) is 5.82. The summed E-state index contributed by atoms with van der Waals surface area (Å²) < 4.78 is 0. The van der Waals surface area contributed by atoms with Crippen molar-refractivity contribution in [1.29, 1.82) is 0 Å². The predicted octanol–water partition coefficient (Wildman–Crippen LogP) is 5.84. The normalized spacial score (nSPS) is 8.00. The highest BCUT2D eigenvalue weighted by Gasteiger charge is 1.72. The Kier molecular flexibility index (Phi) is 11.4. The molecule has 0 saturated heterocycles. The largest absolute Gasteiger partial charge is 0.0764 e. The van der Waals surface area contributed by atoms with E-state index in [9.17, 15) is 0 Å². The first kappa shape index (κ1) is 17.4. The summed E-state index contributed by atoms with van der Waals surface area (Å²) in [4.78, 5) is 0. The van der Waals surface area contributed by atoms with Gasteiger partial charge in [0.1, 0.15) is 0 Å². The molecule has 0 amide bonds. The van der Waals surface area contributed by atoms with Crippen LogP contribution in [0.3, 0.4) is 0 Å². The molecule has 0 heteroatoms. The van der Waals surface area contributed by atoms with Gasteiger partial charge in [0.15, 0.2) is 0 Å². The van der Waals surface area contributed by atoms with Gasteiger partial charge in [0.05, 0.1) is 0 Å². The van der Waals surface area contributed by atoms with Crippen molar-refractivity contribution in [3.63, 3.8) is 0 Å². The van der Waals surface area contributed by atoms with Gasteiger partial charge in [-0.1, -0.05) is 46.6 Å². The van der Waals surface area contributed by atoms with Crippen molar-refractivity contribution in [2.45, 2.75) is 55.4 Å². The van der Waals surface area contributed by atoms with Crippen LogP contribution >= 0.6 is 0 Å². The van der Waals surface area contributed by atoms with Gasteiger partial charge in [-0.2, -0.15) is 0 Å². The molecule has 0 atom stereocenters. The average molecular weight is 220 g/mol. The maximum atomic E-state index is 2.12. The van der Waals surface area contributed by atoms with Crippen LogP contribution in [0.15, 0.2) is 46.6 Å². The molecule has 0 radical (unpaired) electrons. The van der Waals surface area contributed by atoms with Crippen molar-refractivity contribution in [3.05, 3.63) is 46.6 Å². The molecule has 0 aromatic heterocycles. The zero-order chi connectivity index (χ0) is 13.1. The minimum absolute atomic E-state index is 1.35. The Labute approximate surface area is 102 Å². The molecule has 0 aliphatic carbocycles. The number of rotatable bonds is 2. The summed E-state index contributed by atoms with van der Waals surface area (Å²) in [6.07, 6.45) is 8.48. The van der Waals surface area contributed by atoms with E-state index >= 15 is 0 Å². The lowest BCUT2D eigenvalue weighted by atomic mass is 10.2. The minimum atomic E-state index is 1.35. The molecule has 0 heterocycles. The zero-order valence-corrected chi connectivity index (χ0v) is 12.3. The molecule has 0 unspecified atom stereocenters. The molecule has 0 saturated carbocycles. The van der Waals surface area contributed by atoms with Crippen LogP contribution in [0.1, 0.15) is 55.4 Å². The Morgan fingerprint density at radius 3 is 0.562 bits per heavy atom. The Morgan fingerprint density at radius 1 is 0.375 bits per heavy atom. The van der Waals surface area contributed by atoms with Gasteiger partial charge < -0.3 is 0 Å². The van der Waals surface area contributed by atoms with Gasteiger partial charge in [-0.05, 0) is 55.4 Å². The van der Waals surface area contributed by atoms with Crippen LogP contribution in [-0.2, 0) is 0 Å². The summed E-state index contributed by atoms with van der Waals surface area (Å²) in [7, 11) is 0. The van der Waals surface area contributed by atoms with E-state index in [0.717, 1.165) is 0 Å². The Balaban J connectivity index is 0. The van der Waals surface area contributed by atoms with E-state index in [-0.39, 0.29) is 0 Å². The molecule has 0 N–H and O–H groups in total. The van der Waals surface area contributed by atoms with Crippen molar-refractivity contribution in [2.24, 2.45) is 0 Å². The molecule has 0 rings (SSSR count). The highest BCUT2D eigenvalue weighted by molar-refractivity contribution is 5.12. The van der Waals surface area contributed by atoms with Crippen molar-refractivity contribution < 1.29 is 0 Å².